The molecule has 3 unspecified atom stereocenters. The minimum Gasteiger partial charge on any atom is -0.352 e. The highest BCUT2D eigenvalue weighted by molar-refractivity contribution is 5.82. The first kappa shape index (κ1) is 26.2. The summed E-state index contributed by atoms with van der Waals surface area (Å²) in [4.78, 5) is 31.3. The number of imidazole rings is 1. The monoisotopic (exact) mass is 516 g/mol. The molecule has 8 heteroatoms. The first-order valence-corrected chi connectivity index (χ1v) is 13.7. The Morgan fingerprint density at radius 1 is 1.24 bits per heavy atom. The number of aryl methyl sites for hydroxylation is 1. The topological polar surface area (TPSA) is 86.7 Å². The Morgan fingerprint density at radius 3 is 2.68 bits per heavy atom. The average molecular weight is 517 g/mol. The summed E-state index contributed by atoms with van der Waals surface area (Å²) in [6, 6.07) is 6.07. The second-order valence-electron chi connectivity index (χ2n) is 12.9. The van der Waals surface area contributed by atoms with Crippen LogP contribution in [0.1, 0.15) is 71.9 Å². The van der Waals surface area contributed by atoms with E-state index in [4.69, 9.17) is 4.98 Å². The van der Waals surface area contributed by atoms with Crippen molar-refractivity contribution >= 4 is 22.8 Å². The number of nitrogens with zero attached hydrogens (tertiary/aromatic N) is 5. The van der Waals surface area contributed by atoms with Crippen molar-refractivity contribution in [2.45, 2.75) is 78.8 Å². The fourth-order valence-corrected chi connectivity index (χ4v) is 5.78. The third-order valence-corrected chi connectivity index (χ3v) is 8.16. The molecule has 1 fully saturated rings. The third-order valence-electron chi connectivity index (χ3n) is 8.16. The predicted molar refractivity (Wildman–Crippen MR) is 150 cm³/mol. The zero-order chi connectivity index (χ0) is 27.2. The Labute approximate surface area is 224 Å². The standard InChI is InChI=1S/C30H40N6O2/c1-29(2,3)19-35-24-13-12-23(32-26(24)34(6)28(35)38)21-14-15-30(4,5)25(18-21)33-27(37)20-8-10-22(11-9-20)36-17-7-16-31-36/h7-8,10-13,16-17,20-21,25H,9,14-15,18-19H2,1-6H3,(H,33,37). The van der Waals surface area contributed by atoms with Crippen LogP contribution in [0.3, 0.4) is 0 Å². The van der Waals surface area contributed by atoms with Gasteiger partial charge in [-0.2, -0.15) is 5.10 Å². The fourth-order valence-electron chi connectivity index (χ4n) is 5.78. The number of allylic oxidation sites excluding steroid dienone is 3. The zero-order valence-corrected chi connectivity index (χ0v) is 23.4. The zero-order valence-electron chi connectivity index (χ0n) is 23.4. The van der Waals surface area contributed by atoms with Gasteiger partial charge in [-0.1, -0.05) is 46.8 Å². The van der Waals surface area contributed by atoms with Gasteiger partial charge in [-0.05, 0) is 60.8 Å². The van der Waals surface area contributed by atoms with Gasteiger partial charge in [-0.25, -0.2) is 14.5 Å². The van der Waals surface area contributed by atoms with E-state index in [0.717, 1.165) is 41.8 Å². The number of hydrogen-bond acceptors (Lipinski definition) is 4. The lowest BCUT2D eigenvalue weighted by atomic mass is 9.68. The van der Waals surface area contributed by atoms with Crippen LogP contribution in [0.4, 0.5) is 0 Å². The molecule has 38 heavy (non-hydrogen) atoms. The number of carbonyl (C=O) groups is 1. The molecule has 0 bridgehead atoms. The highest BCUT2D eigenvalue weighted by Gasteiger charge is 2.39. The second kappa shape index (κ2) is 9.71. The molecule has 1 amide bonds. The molecule has 0 saturated heterocycles. The van der Waals surface area contributed by atoms with E-state index in [2.05, 4.69) is 63.2 Å². The van der Waals surface area contributed by atoms with Crippen LogP contribution in [0, 0.1) is 16.7 Å². The van der Waals surface area contributed by atoms with Gasteiger partial charge in [0, 0.05) is 43.6 Å². The number of amides is 1. The average Bonchev–Trinajstić information content (AvgIpc) is 3.48. The van der Waals surface area contributed by atoms with Gasteiger partial charge in [0.15, 0.2) is 5.65 Å². The largest absolute Gasteiger partial charge is 0.352 e. The van der Waals surface area contributed by atoms with E-state index in [1.807, 2.05) is 33.7 Å². The van der Waals surface area contributed by atoms with E-state index in [1.54, 1.807) is 17.8 Å². The molecule has 5 rings (SSSR count). The highest BCUT2D eigenvalue weighted by Crippen LogP contribution is 2.43. The number of hydrogen-bond donors (Lipinski definition) is 1. The normalized spacial score (nSPS) is 23.4. The molecule has 8 nitrogen and oxygen atoms in total. The molecule has 0 spiro atoms. The molecule has 0 aromatic carbocycles. The van der Waals surface area contributed by atoms with Crippen LogP contribution in [-0.2, 0) is 18.4 Å². The van der Waals surface area contributed by atoms with Crippen molar-refractivity contribution in [3.63, 3.8) is 0 Å². The minimum absolute atomic E-state index is 0.00635. The van der Waals surface area contributed by atoms with Crippen LogP contribution in [0.25, 0.3) is 16.9 Å². The molecule has 3 aromatic rings. The van der Waals surface area contributed by atoms with Crippen molar-refractivity contribution < 1.29 is 4.79 Å². The smallest absolute Gasteiger partial charge is 0.330 e. The van der Waals surface area contributed by atoms with Gasteiger partial charge in [0.05, 0.1) is 17.1 Å². The molecule has 3 atom stereocenters. The van der Waals surface area contributed by atoms with Crippen LogP contribution < -0.4 is 11.0 Å². The van der Waals surface area contributed by atoms with Crippen molar-refractivity contribution in [3.8, 4) is 0 Å². The summed E-state index contributed by atoms with van der Waals surface area (Å²) in [6.45, 7) is 11.5. The lowest BCUT2D eigenvalue weighted by molar-refractivity contribution is -0.125. The molecule has 3 aromatic heterocycles. The van der Waals surface area contributed by atoms with E-state index in [9.17, 15) is 9.59 Å². The number of nitrogens with one attached hydrogen (secondary N) is 1. The Morgan fingerprint density at radius 2 is 2.03 bits per heavy atom. The summed E-state index contributed by atoms with van der Waals surface area (Å²) in [5.74, 6) is 0.116. The number of fused-ring (bicyclic) bond motifs is 1. The fraction of sp³-hybridized carbons (Fsp3) is 0.533. The van der Waals surface area contributed by atoms with Gasteiger partial charge in [0.25, 0.3) is 0 Å². The minimum atomic E-state index is -0.183. The molecule has 202 valence electrons. The predicted octanol–water partition coefficient (Wildman–Crippen LogP) is 4.87. The van der Waals surface area contributed by atoms with E-state index in [0.29, 0.717) is 13.0 Å². The van der Waals surface area contributed by atoms with E-state index in [1.165, 1.54) is 0 Å². The maximum absolute atomic E-state index is 13.3. The maximum Gasteiger partial charge on any atom is 0.330 e. The Kier molecular flexibility index (Phi) is 6.70. The van der Waals surface area contributed by atoms with Crippen LogP contribution in [-0.4, -0.2) is 35.8 Å². The van der Waals surface area contributed by atoms with Crippen molar-refractivity contribution in [1.29, 1.82) is 0 Å². The molecule has 1 N–H and O–H groups in total. The summed E-state index contributed by atoms with van der Waals surface area (Å²) < 4.78 is 5.32. The SMILES string of the molecule is Cn1c(=O)n(CC(C)(C)C)c2ccc(C3CCC(C)(C)C(NC(=O)C4C=CC(n5cccn5)=CC4)C3)nc21. The summed E-state index contributed by atoms with van der Waals surface area (Å²) in [7, 11) is 1.80. The number of carbonyl (C=O) groups excluding carboxylic acids is 1. The van der Waals surface area contributed by atoms with Gasteiger partial charge < -0.3 is 5.32 Å². The Bertz CT molecular complexity index is 1450. The van der Waals surface area contributed by atoms with Crippen LogP contribution in [0.5, 0.6) is 0 Å². The quantitative estimate of drug-likeness (QED) is 0.524. The van der Waals surface area contributed by atoms with Gasteiger partial charge in [0.2, 0.25) is 5.91 Å². The first-order valence-electron chi connectivity index (χ1n) is 13.7. The van der Waals surface area contributed by atoms with Crippen LogP contribution >= 0.6 is 0 Å². The molecule has 0 radical (unpaired) electrons. The Balaban J connectivity index is 1.32. The van der Waals surface area contributed by atoms with Crippen molar-refractivity contribution in [3.05, 3.63) is 65.0 Å². The van der Waals surface area contributed by atoms with E-state index < -0.39 is 0 Å². The molecular weight excluding hydrogens is 476 g/mol. The number of pyridine rings is 1. The van der Waals surface area contributed by atoms with Gasteiger partial charge in [0.1, 0.15) is 0 Å². The van der Waals surface area contributed by atoms with Crippen molar-refractivity contribution in [1.82, 2.24) is 29.2 Å². The van der Waals surface area contributed by atoms with Gasteiger partial charge >= 0.3 is 5.69 Å². The Hall–Kier alpha value is -3.42. The number of rotatable bonds is 5. The molecule has 2 aliphatic carbocycles. The van der Waals surface area contributed by atoms with Gasteiger partial charge in [-0.3, -0.25) is 13.9 Å². The van der Waals surface area contributed by atoms with Gasteiger partial charge in [-0.15, -0.1) is 0 Å². The molecule has 0 aliphatic heterocycles. The van der Waals surface area contributed by atoms with Crippen molar-refractivity contribution in [2.75, 3.05) is 0 Å². The van der Waals surface area contributed by atoms with Crippen LogP contribution in [0.15, 0.2) is 53.6 Å². The second-order valence-corrected chi connectivity index (χ2v) is 12.9. The molecule has 3 heterocycles. The third kappa shape index (κ3) is 5.13. The molecule has 2 aliphatic rings. The van der Waals surface area contributed by atoms with Crippen molar-refractivity contribution in [2.24, 2.45) is 23.8 Å². The van der Waals surface area contributed by atoms with Crippen LogP contribution in [0.2, 0.25) is 0 Å². The molecular formula is C30H40N6O2. The summed E-state index contributed by atoms with van der Waals surface area (Å²) >= 11 is 0. The maximum atomic E-state index is 13.3. The summed E-state index contributed by atoms with van der Waals surface area (Å²) in [5.41, 5.74) is 3.55. The number of aromatic nitrogens is 5. The highest BCUT2D eigenvalue weighted by atomic mass is 16.2. The summed E-state index contributed by atoms with van der Waals surface area (Å²) in [6.07, 6.45) is 13.2. The van der Waals surface area contributed by atoms with E-state index in [-0.39, 0.29) is 40.3 Å². The first-order chi connectivity index (χ1) is 17.9. The molecule has 1 saturated carbocycles. The summed E-state index contributed by atoms with van der Waals surface area (Å²) in [5, 5.41) is 7.66. The lowest BCUT2D eigenvalue weighted by Crippen LogP contribution is -2.50. The van der Waals surface area contributed by atoms with E-state index >= 15 is 0 Å². The lowest BCUT2D eigenvalue weighted by Gasteiger charge is -2.42.